The zero-order valence-electron chi connectivity index (χ0n) is 14.2. The molecule has 0 spiro atoms. The van der Waals surface area contributed by atoms with Crippen LogP contribution in [0.15, 0.2) is 59.3 Å². The van der Waals surface area contributed by atoms with Crippen molar-refractivity contribution in [2.75, 3.05) is 19.0 Å². The van der Waals surface area contributed by atoms with Crippen molar-refractivity contribution in [1.29, 1.82) is 0 Å². The summed E-state index contributed by atoms with van der Waals surface area (Å²) < 4.78 is 20.2. The molecular formula is C18H15FN6O. The molecule has 0 saturated heterocycles. The number of anilines is 1. The summed E-state index contributed by atoms with van der Waals surface area (Å²) in [7, 11) is 3.92. The van der Waals surface area contributed by atoms with E-state index in [0.717, 1.165) is 11.3 Å². The number of aromatic nitrogens is 5. The Morgan fingerprint density at radius 3 is 2.73 bits per heavy atom. The molecule has 0 N–H and O–H groups in total. The van der Waals surface area contributed by atoms with Gasteiger partial charge in [-0.2, -0.15) is 4.98 Å². The van der Waals surface area contributed by atoms with Crippen molar-refractivity contribution in [2.45, 2.75) is 0 Å². The lowest BCUT2D eigenvalue weighted by atomic mass is 10.2. The first-order valence-corrected chi connectivity index (χ1v) is 7.90. The second kappa shape index (κ2) is 6.40. The van der Waals surface area contributed by atoms with Gasteiger partial charge in [0, 0.05) is 25.3 Å². The van der Waals surface area contributed by atoms with Gasteiger partial charge in [-0.15, -0.1) is 5.10 Å². The Balaban J connectivity index is 1.64. The molecule has 0 aliphatic carbocycles. The number of benzene rings is 2. The normalized spacial score (nSPS) is 10.9. The first-order valence-electron chi connectivity index (χ1n) is 7.90. The van der Waals surface area contributed by atoms with E-state index in [-0.39, 0.29) is 5.82 Å². The number of halogens is 1. The molecule has 2 aromatic heterocycles. The van der Waals surface area contributed by atoms with Crippen molar-refractivity contribution in [3.05, 3.63) is 60.5 Å². The molecule has 0 radical (unpaired) electrons. The maximum Gasteiger partial charge on any atom is 0.258 e. The Hall–Kier alpha value is -3.55. The zero-order valence-corrected chi connectivity index (χ0v) is 14.2. The lowest BCUT2D eigenvalue weighted by Gasteiger charge is -2.12. The minimum atomic E-state index is -0.345. The topological polar surface area (TPSA) is 72.9 Å². The number of rotatable bonds is 4. The monoisotopic (exact) mass is 350 g/mol. The van der Waals surface area contributed by atoms with Crippen molar-refractivity contribution in [3.63, 3.8) is 0 Å². The third-order valence-electron chi connectivity index (χ3n) is 3.83. The van der Waals surface area contributed by atoms with Crippen LogP contribution < -0.4 is 4.90 Å². The predicted molar refractivity (Wildman–Crippen MR) is 94.4 cm³/mol. The van der Waals surface area contributed by atoms with Crippen molar-refractivity contribution < 1.29 is 8.91 Å². The summed E-state index contributed by atoms with van der Waals surface area (Å²) in [6, 6.07) is 13.8. The largest absolute Gasteiger partial charge is 0.378 e. The summed E-state index contributed by atoms with van der Waals surface area (Å²) in [5.74, 6) is 0.365. The molecule has 0 aliphatic rings. The van der Waals surface area contributed by atoms with Crippen molar-refractivity contribution >= 4 is 5.69 Å². The Morgan fingerprint density at radius 2 is 1.92 bits per heavy atom. The van der Waals surface area contributed by atoms with Crippen molar-refractivity contribution in [2.24, 2.45) is 0 Å². The summed E-state index contributed by atoms with van der Waals surface area (Å²) in [5.41, 5.74) is 2.84. The van der Waals surface area contributed by atoms with Gasteiger partial charge in [-0.3, -0.25) is 0 Å². The number of hydrogen-bond acceptors (Lipinski definition) is 6. The average Bonchev–Trinajstić information content (AvgIpc) is 3.31. The predicted octanol–water partition coefficient (Wildman–Crippen LogP) is 3.19. The summed E-state index contributed by atoms with van der Waals surface area (Å²) in [6.07, 6.45) is 1.62. The smallest absolute Gasteiger partial charge is 0.258 e. The van der Waals surface area contributed by atoms with E-state index in [2.05, 4.69) is 20.5 Å². The van der Waals surface area contributed by atoms with Gasteiger partial charge in [0.05, 0.1) is 11.9 Å². The Labute approximate surface area is 148 Å². The lowest BCUT2D eigenvalue weighted by molar-refractivity contribution is 0.432. The maximum atomic E-state index is 13.4. The van der Waals surface area contributed by atoms with E-state index in [9.17, 15) is 4.39 Å². The van der Waals surface area contributed by atoms with Gasteiger partial charge in [-0.05, 0) is 36.4 Å². The van der Waals surface area contributed by atoms with Crippen LogP contribution in [0.1, 0.15) is 0 Å². The van der Waals surface area contributed by atoms with Crippen LogP contribution in [0.3, 0.4) is 0 Å². The second-order valence-corrected chi connectivity index (χ2v) is 5.90. The van der Waals surface area contributed by atoms with Gasteiger partial charge in [0.2, 0.25) is 5.82 Å². The van der Waals surface area contributed by atoms with Crippen LogP contribution in [0.5, 0.6) is 0 Å². The highest BCUT2D eigenvalue weighted by atomic mass is 19.1. The molecule has 130 valence electrons. The highest BCUT2D eigenvalue weighted by Gasteiger charge is 2.15. The first kappa shape index (κ1) is 15.9. The molecule has 2 heterocycles. The fourth-order valence-electron chi connectivity index (χ4n) is 2.47. The van der Waals surface area contributed by atoms with E-state index in [1.54, 1.807) is 18.3 Å². The molecule has 2 aromatic carbocycles. The van der Waals surface area contributed by atoms with Crippen molar-refractivity contribution in [3.8, 4) is 28.7 Å². The molecular weight excluding hydrogens is 335 g/mol. The van der Waals surface area contributed by atoms with Crippen LogP contribution in [-0.4, -0.2) is 39.2 Å². The van der Waals surface area contributed by atoms with Gasteiger partial charge < -0.3 is 9.42 Å². The third-order valence-corrected chi connectivity index (χ3v) is 3.83. The molecule has 26 heavy (non-hydrogen) atoms. The Kier molecular flexibility index (Phi) is 3.92. The zero-order chi connectivity index (χ0) is 18.1. The highest BCUT2D eigenvalue weighted by molar-refractivity contribution is 5.63. The van der Waals surface area contributed by atoms with Crippen LogP contribution >= 0.6 is 0 Å². The minimum absolute atomic E-state index is 0.318. The Bertz CT molecular complexity index is 1060. The highest BCUT2D eigenvalue weighted by Crippen LogP contribution is 2.24. The van der Waals surface area contributed by atoms with Crippen LogP contribution in [-0.2, 0) is 0 Å². The molecule has 7 nitrogen and oxygen atoms in total. The van der Waals surface area contributed by atoms with Crippen molar-refractivity contribution in [1.82, 2.24) is 25.1 Å². The Morgan fingerprint density at radius 1 is 1.08 bits per heavy atom. The third kappa shape index (κ3) is 3.04. The van der Waals surface area contributed by atoms with Gasteiger partial charge in [0.15, 0.2) is 5.69 Å². The fourth-order valence-corrected chi connectivity index (χ4v) is 2.47. The standard InChI is InChI=1S/C18H15FN6O/c1-24(2)14-7-3-5-12(9-14)18-20-17(22-26-18)16-11-25(23-21-16)15-8-4-6-13(19)10-15/h3-11H,1-2H3. The lowest BCUT2D eigenvalue weighted by Crippen LogP contribution is -2.08. The van der Waals surface area contributed by atoms with Crippen LogP contribution in [0.2, 0.25) is 0 Å². The summed E-state index contributed by atoms with van der Waals surface area (Å²) in [4.78, 5) is 6.38. The van der Waals surface area contributed by atoms with Crippen LogP contribution in [0, 0.1) is 5.82 Å². The van der Waals surface area contributed by atoms with Gasteiger partial charge in [-0.25, -0.2) is 9.07 Å². The van der Waals surface area contributed by atoms with Gasteiger partial charge in [0.1, 0.15) is 5.82 Å². The van der Waals surface area contributed by atoms with Gasteiger partial charge in [0.25, 0.3) is 5.89 Å². The molecule has 0 atom stereocenters. The van der Waals surface area contributed by atoms with E-state index in [0.29, 0.717) is 23.1 Å². The number of hydrogen-bond donors (Lipinski definition) is 0. The summed E-state index contributed by atoms with van der Waals surface area (Å²) in [6.45, 7) is 0. The molecule has 0 unspecified atom stereocenters. The summed E-state index contributed by atoms with van der Waals surface area (Å²) >= 11 is 0. The molecule has 4 rings (SSSR count). The molecule has 0 bridgehead atoms. The van der Waals surface area contributed by atoms with E-state index in [1.807, 2.05) is 43.3 Å². The first-order chi connectivity index (χ1) is 12.6. The molecule has 4 aromatic rings. The molecule has 0 fully saturated rings. The summed E-state index contributed by atoms with van der Waals surface area (Å²) in [5, 5.41) is 12.0. The maximum absolute atomic E-state index is 13.4. The van der Waals surface area contributed by atoms with Gasteiger partial charge in [-0.1, -0.05) is 22.5 Å². The van der Waals surface area contributed by atoms with E-state index in [4.69, 9.17) is 4.52 Å². The number of nitrogens with zero attached hydrogens (tertiary/aromatic N) is 6. The molecule has 8 heteroatoms. The van der Waals surface area contributed by atoms with Crippen LogP contribution in [0.4, 0.5) is 10.1 Å². The van der Waals surface area contributed by atoms with E-state index >= 15 is 0 Å². The van der Waals surface area contributed by atoms with E-state index in [1.165, 1.54) is 16.8 Å². The molecule has 0 aliphatic heterocycles. The average molecular weight is 350 g/mol. The fraction of sp³-hybridized carbons (Fsp3) is 0.111. The minimum Gasteiger partial charge on any atom is -0.378 e. The van der Waals surface area contributed by atoms with Crippen LogP contribution in [0.25, 0.3) is 28.7 Å². The second-order valence-electron chi connectivity index (χ2n) is 5.90. The SMILES string of the molecule is CN(C)c1cccc(-c2nc(-c3cn(-c4cccc(F)c4)nn3)no2)c1. The molecule has 0 saturated carbocycles. The van der Waals surface area contributed by atoms with E-state index < -0.39 is 0 Å². The quantitative estimate of drug-likeness (QED) is 0.563. The molecule has 0 amide bonds. The van der Waals surface area contributed by atoms with Gasteiger partial charge >= 0.3 is 0 Å².